The summed E-state index contributed by atoms with van der Waals surface area (Å²) in [5.74, 6) is 0.370. The van der Waals surface area contributed by atoms with Crippen molar-refractivity contribution in [1.82, 2.24) is 5.32 Å². The monoisotopic (exact) mass is 426 g/mol. The number of ether oxygens (including phenoxy) is 1. The molecular formula is C18H13Cl3N2O2S. The van der Waals surface area contributed by atoms with Crippen LogP contribution in [0, 0.1) is 0 Å². The summed E-state index contributed by atoms with van der Waals surface area (Å²) in [6, 6.07) is 10.5. The number of hydrogen-bond acceptors (Lipinski definition) is 4. The van der Waals surface area contributed by atoms with Crippen LogP contribution in [0.3, 0.4) is 0 Å². The molecule has 4 nitrogen and oxygen atoms in total. The molecule has 2 aromatic carbocycles. The van der Waals surface area contributed by atoms with Crippen molar-refractivity contribution in [1.29, 1.82) is 0 Å². The Labute approximate surface area is 170 Å². The third-order valence-corrected chi connectivity index (χ3v) is 5.37. The van der Waals surface area contributed by atoms with Gasteiger partial charge in [-0.2, -0.15) is 0 Å². The predicted octanol–water partition coefficient (Wildman–Crippen LogP) is 5.94. The molecule has 1 N–H and O–H groups in total. The van der Waals surface area contributed by atoms with Crippen LogP contribution >= 0.6 is 46.6 Å². The Morgan fingerprint density at radius 3 is 2.73 bits per heavy atom. The van der Waals surface area contributed by atoms with Crippen molar-refractivity contribution < 1.29 is 9.53 Å². The Morgan fingerprint density at radius 2 is 2.00 bits per heavy atom. The summed E-state index contributed by atoms with van der Waals surface area (Å²) in [5.41, 5.74) is 1.28. The zero-order chi connectivity index (χ0) is 18.7. The lowest BCUT2D eigenvalue weighted by Gasteiger charge is -2.05. The number of carbonyl (C=O) groups excluding carboxylic acids is 1. The maximum Gasteiger partial charge on any atom is 0.264 e. The number of rotatable bonds is 4. The molecule has 3 rings (SSSR count). The Balaban J connectivity index is 1.83. The van der Waals surface area contributed by atoms with Crippen LogP contribution in [0.2, 0.25) is 15.1 Å². The molecule has 1 amide bonds. The van der Waals surface area contributed by atoms with E-state index >= 15 is 0 Å². The molecule has 8 heteroatoms. The number of amidine groups is 1. The van der Waals surface area contributed by atoms with Crippen molar-refractivity contribution >= 4 is 69.4 Å². The van der Waals surface area contributed by atoms with Crippen molar-refractivity contribution in [3.63, 3.8) is 0 Å². The van der Waals surface area contributed by atoms with Crippen LogP contribution in [-0.2, 0) is 4.79 Å². The van der Waals surface area contributed by atoms with Gasteiger partial charge in [0.25, 0.3) is 5.91 Å². The molecule has 1 fully saturated rings. The third-order valence-electron chi connectivity index (χ3n) is 3.36. The van der Waals surface area contributed by atoms with Crippen LogP contribution in [0.25, 0.3) is 6.08 Å². The number of halogens is 3. The molecule has 26 heavy (non-hydrogen) atoms. The van der Waals surface area contributed by atoms with Gasteiger partial charge in [0, 0.05) is 0 Å². The highest BCUT2D eigenvalue weighted by Gasteiger charge is 2.24. The lowest BCUT2D eigenvalue weighted by atomic mass is 10.2. The average molecular weight is 428 g/mol. The molecule has 0 saturated carbocycles. The number of benzene rings is 2. The molecule has 1 aliphatic heterocycles. The van der Waals surface area contributed by atoms with Gasteiger partial charge in [0.15, 0.2) is 5.17 Å². The molecule has 1 aliphatic rings. The Hall–Kier alpha value is -1.66. The summed E-state index contributed by atoms with van der Waals surface area (Å²) in [6.45, 7) is 2.42. The highest BCUT2D eigenvalue weighted by molar-refractivity contribution is 8.18. The molecule has 1 heterocycles. The first-order chi connectivity index (χ1) is 12.5. The fourth-order valence-electron chi connectivity index (χ4n) is 2.20. The second-order valence-corrected chi connectivity index (χ2v) is 7.40. The van der Waals surface area contributed by atoms with Gasteiger partial charge in [-0.1, -0.05) is 46.9 Å². The van der Waals surface area contributed by atoms with Crippen molar-refractivity contribution in [2.45, 2.75) is 6.92 Å². The van der Waals surface area contributed by atoms with Crippen molar-refractivity contribution in [2.75, 3.05) is 6.61 Å². The van der Waals surface area contributed by atoms with Gasteiger partial charge in [-0.25, -0.2) is 4.99 Å². The minimum atomic E-state index is -0.239. The van der Waals surface area contributed by atoms with Gasteiger partial charge in [0.2, 0.25) is 0 Å². The fraction of sp³-hybridized carbons (Fsp3) is 0.111. The topological polar surface area (TPSA) is 50.7 Å². The first-order valence-corrected chi connectivity index (χ1v) is 9.59. The number of aliphatic imine (C=N–C) groups is 1. The van der Waals surface area contributed by atoms with E-state index in [2.05, 4.69) is 10.3 Å². The summed E-state index contributed by atoms with van der Waals surface area (Å²) in [4.78, 5) is 17.1. The molecule has 0 spiro atoms. The van der Waals surface area contributed by atoms with E-state index in [1.54, 1.807) is 36.4 Å². The number of amides is 1. The van der Waals surface area contributed by atoms with Crippen molar-refractivity contribution in [2.24, 2.45) is 4.99 Å². The number of hydrogen-bond donors (Lipinski definition) is 1. The highest BCUT2D eigenvalue weighted by Crippen LogP contribution is 2.35. The quantitative estimate of drug-likeness (QED) is 0.615. The maximum absolute atomic E-state index is 12.2. The molecular weight excluding hydrogens is 415 g/mol. The molecule has 134 valence electrons. The zero-order valence-corrected chi connectivity index (χ0v) is 16.6. The molecule has 1 saturated heterocycles. The van der Waals surface area contributed by atoms with Crippen LogP contribution < -0.4 is 10.1 Å². The number of thioether (sulfide) groups is 1. The molecule has 0 radical (unpaired) electrons. The van der Waals surface area contributed by atoms with Crippen molar-refractivity contribution in [3.05, 3.63) is 61.9 Å². The standard InChI is InChI=1S/C18H13Cl3N2O2S/c1-2-25-14-7-6-10(8-12(14)20)9-15-17(24)23-18(26-15)22-13-5-3-4-11(19)16(13)21/h3-9H,2H2,1H3,(H,22,23,24)/b15-9-. The second-order valence-electron chi connectivity index (χ2n) is 5.18. The van der Waals surface area contributed by atoms with Gasteiger partial charge in [-0.15, -0.1) is 0 Å². The lowest BCUT2D eigenvalue weighted by molar-refractivity contribution is -0.115. The van der Waals surface area contributed by atoms with Gasteiger partial charge >= 0.3 is 0 Å². The molecule has 0 aliphatic carbocycles. The Bertz CT molecular complexity index is 929. The average Bonchev–Trinajstić information content (AvgIpc) is 2.94. The van der Waals surface area contributed by atoms with Crippen LogP contribution in [0.4, 0.5) is 5.69 Å². The minimum Gasteiger partial charge on any atom is -0.492 e. The Morgan fingerprint density at radius 1 is 1.19 bits per heavy atom. The van der Waals surface area contributed by atoms with E-state index in [-0.39, 0.29) is 5.91 Å². The summed E-state index contributed by atoms with van der Waals surface area (Å²) < 4.78 is 5.41. The smallest absolute Gasteiger partial charge is 0.264 e. The van der Waals surface area contributed by atoms with Gasteiger partial charge < -0.3 is 10.1 Å². The molecule has 0 atom stereocenters. The van der Waals surface area contributed by atoms with Crippen LogP contribution in [0.15, 0.2) is 46.3 Å². The third kappa shape index (κ3) is 4.35. The number of nitrogens with zero attached hydrogens (tertiary/aromatic N) is 1. The first-order valence-electron chi connectivity index (χ1n) is 7.64. The minimum absolute atomic E-state index is 0.239. The predicted molar refractivity (Wildman–Crippen MR) is 110 cm³/mol. The summed E-state index contributed by atoms with van der Waals surface area (Å²) >= 11 is 19.5. The number of nitrogens with one attached hydrogen (secondary N) is 1. The van der Waals surface area contributed by atoms with E-state index in [1.165, 1.54) is 11.8 Å². The highest BCUT2D eigenvalue weighted by atomic mass is 35.5. The second kappa shape index (κ2) is 8.35. The lowest BCUT2D eigenvalue weighted by Crippen LogP contribution is -2.19. The molecule has 0 aromatic heterocycles. The molecule has 2 aromatic rings. The fourth-order valence-corrected chi connectivity index (χ4v) is 3.62. The van der Waals surface area contributed by atoms with E-state index in [0.29, 0.717) is 43.2 Å². The van der Waals surface area contributed by atoms with Crippen molar-refractivity contribution in [3.8, 4) is 5.75 Å². The summed E-state index contributed by atoms with van der Waals surface area (Å²) in [6.07, 6.45) is 1.74. The normalized spacial score (nSPS) is 17.0. The molecule has 0 unspecified atom stereocenters. The maximum atomic E-state index is 12.2. The number of carbonyl (C=O) groups is 1. The van der Waals surface area contributed by atoms with Crippen LogP contribution in [0.1, 0.15) is 12.5 Å². The van der Waals surface area contributed by atoms with E-state index in [9.17, 15) is 4.79 Å². The van der Waals surface area contributed by atoms with Gasteiger partial charge in [-0.3, -0.25) is 4.79 Å². The van der Waals surface area contributed by atoms with E-state index in [1.807, 2.05) is 13.0 Å². The van der Waals surface area contributed by atoms with Crippen LogP contribution in [-0.4, -0.2) is 17.7 Å². The van der Waals surface area contributed by atoms with E-state index < -0.39 is 0 Å². The van der Waals surface area contributed by atoms with E-state index in [4.69, 9.17) is 39.5 Å². The van der Waals surface area contributed by atoms with E-state index in [0.717, 1.165) is 5.56 Å². The van der Waals surface area contributed by atoms with Gasteiger partial charge in [-0.05, 0) is 54.6 Å². The SMILES string of the molecule is CCOc1ccc(/C=C2\SC(=Nc3cccc(Cl)c3Cl)NC2=O)cc1Cl. The Kier molecular flexibility index (Phi) is 6.14. The first kappa shape index (κ1) is 19.1. The zero-order valence-electron chi connectivity index (χ0n) is 13.6. The summed E-state index contributed by atoms with van der Waals surface area (Å²) in [5, 5.41) is 4.38. The van der Waals surface area contributed by atoms with Gasteiger partial charge in [0.05, 0.1) is 32.3 Å². The van der Waals surface area contributed by atoms with Gasteiger partial charge in [0.1, 0.15) is 5.75 Å². The molecule has 0 bridgehead atoms. The largest absolute Gasteiger partial charge is 0.492 e. The van der Waals surface area contributed by atoms with Crippen LogP contribution in [0.5, 0.6) is 5.75 Å². The summed E-state index contributed by atoms with van der Waals surface area (Å²) in [7, 11) is 0.